The average Bonchev–Trinajstić information content (AvgIpc) is 2.77. The van der Waals surface area contributed by atoms with Crippen LogP contribution in [0, 0.1) is 6.92 Å². The van der Waals surface area contributed by atoms with Gasteiger partial charge in [-0.1, -0.05) is 18.2 Å². The maximum Gasteiger partial charge on any atom is 0.258 e. The molecular weight excluding hydrogens is 380 g/mol. The number of nitrogens with one attached hydrogen (secondary N) is 2. The van der Waals surface area contributed by atoms with Crippen LogP contribution in [0.2, 0.25) is 0 Å². The molecule has 0 aliphatic carbocycles. The molecule has 1 heterocycles. The van der Waals surface area contributed by atoms with Gasteiger partial charge >= 0.3 is 0 Å². The van der Waals surface area contributed by atoms with Gasteiger partial charge in [0.2, 0.25) is 5.96 Å². The van der Waals surface area contributed by atoms with Gasteiger partial charge in [-0.25, -0.2) is 4.99 Å². The minimum absolute atomic E-state index is 0.318. The third kappa shape index (κ3) is 5.57. The van der Waals surface area contributed by atoms with E-state index in [1.807, 2.05) is 43.3 Å². The second-order valence-electron chi connectivity index (χ2n) is 6.54. The molecule has 3 aromatic rings. The van der Waals surface area contributed by atoms with E-state index in [4.69, 9.17) is 9.47 Å². The Labute approximate surface area is 175 Å². The van der Waals surface area contributed by atoms with Gasteiger partial charge in [0, 0.05) is 23.6 Å². The van der Waals surface area contributed by atoms with Crippen LogP contribution in [-0.2, 0) is 6.54 Å². The maximum atomic E-state index is 12.9. The van der Waals surface area contributed by atoms with Gasteiger partial charge in [0.1, 0.15) is 0 Å². The molecule has 2 N–H and O–H groups in total. The largest absolute Gasteiger partial charge is 0.493 e. The zero-order chi connectivity index (χ0) is 21.3. The van der Waals surface area contributed by atoms with Gasteiger partial charge in [-0.15, -0.1) is 0 Å². The highest BCUT2D eigenvalue weighted by Gasteiger charge is 2.13. The van der Waals surface area contributed by atoms with Crippen molar-refractivity contribution in [1.29, 1.82) is 0 Å². The molecule has 0 spiro atoms. The van der Waals surface area contributed by atoms with E-state index in [2.05, 4.69) is 20.6 Å². The van der Waals surface area contributed by atoms with Crippen molar-refractivity contribution in [1.82, 2.24) is 10.3 Å². The number of aromatic nitrogens is 1. The van der Waals surface area contributed by atoms with E-state index in [0.717, 1.165) is 16.8 Å². The fraction of sp³-hybridized carbons (Fsp3) is 0.174. The zero-order valence-electron chi connectivity index (χ0n) is 17.2. The van der Waals surface area contributed by atoms with Crippen molar-refractivity contribution < 1.29 is 14.3 Å². The lowest BCUT2D eigenvalue weighted by Crippen LogP contribution is -2.36. The Morgan fingerprint density at radius 2 is 1.87 bits per heavy atom. The third-order valence-electron chi connectivity index (χ3n) is 4.30. The van der Waals surface area contributed by atoms with Gasteiger partial charge in [0.05, 0.1) is 20.8 Å². The highest BCUT2D eigenvalue weighted by Crippen LogP contribution is 2.27. The number of hydrogen-bond donors (Lipinski definition) is 2. The summed E-state index contributed by atoms with van der Waals surface area (Å²) in [5.74, 6) is 1.05. The first kappa shape index (κ1) is 20.9. The molecule has 0 saturated carbocycles. The number of guanidine groups is 1. The Morgan fingerprint density at radius 3 is 2.57 bits per heavy atom. The van der Waals surface area contributed by atoms with Crippen LogP contribution < -0.4 is 20.1 Å². The van der Waals surface area contributed by atoms with Crippen LogP contribution in [0.3, 0.4) is 0 Å². The Morgan fingerprint density at radius 1 is 1.03 bits per heavy atom. The van der Waals surface area contributed by atoms with Crippen molar-refractivity contribution in [2.24, 2.45) is 4.99 Å². The van der Waals surface area contributed by atoms with Gasteiger partial charge in [0.25, 0.3) is 5.91 Å². The van der Waals surface area contributed by atoms with Crippen molar-refractivity contribution in [2.75, 3.05) is 19.5 Å². The summed E-state index contributed by atoms with van der Waals surface area (Å²) < 4.78 is 10.5. The Bertz CT molecular complexity index is 1040. The van der Waals surface area contributed by atoms with Crippen LogP contribution in [-0.4, -0.2) is 31.1 Å². The summed E-state index contributed by atoms with van der Waals surface area (Å²) >= 11 is 0. The first-order chi connectivity index (χ1) is 14.6. The summed E-state index contributed by atoms with van der Waals surface area (Å²) in [7, 11) is 3.08. The average molecular weight is 404 g/mol. The number of amides is 1. The number of pyridine rings is 1. The smallest absolute Gasteiger partial charge is 0.258 e. The van der Waals surface area contributed by atoms with Crippen LogP contribution in [0.25, 0.3) is 0 Å². The topological polar surface area (TPSA) is 84.8 Å². The molecule has 154 valence electrons. The van der Waals surface area contributed by atoms with Crippen LogP contribution in [0.1, 0.15) is 21.5 Å². The molecule has 0 aliphatic heterocycles. The highest BCUT2D eigenvalue weighted by molar-refractivity contribution is 6.10. The SMILES string of the molecule is COc1ccc(C(=O)NC(=NCc2cccnc2)Nc2cccc(C)c2)cc1OC. The monoisotopic (exact) mass is 404 g/mol. The molecule has 1 amide bonds. The molecule has 0 saturated heterocycles. The minimum atomic E-state index is -0.318. The standard InChI is InChI=1S/C23H24N4O3/c1-16-6-4-8-19(12-16)26-23(25-15-17-7-5-11-24-14-17)27-22(28)18-9-10-20(29-2)21(13-18)30-3/h4-14H,15H2,1-3H3,(H2,25,26,27,28). The molecule has 7 heteroatoms. The fourth-order valence-electron chi connectivity index (χ4n) is 2.79. The summed E-state index contributed by atoms with van der Waals surface area (Å²) in [6.45, 7) is 2.37. The summed E-state index contributed by atoms with van der Waals surface area (Å²) in [5, 5.41) is 6.03. The van der Waals surface area contributed by atoms with Crippen molar-refractivity contribution in [2.45, 2.75) is 13.5 Å². The van der Waals surface area contributed by atoms with Crippen molar-refractivity contribution in [3.8, 4) is 11.5 Å². The van der Waals surface area contributed by atoms with Crippen LogP contribution >= 0.6 is 0 Å². The van der Waals surface area contributed by atoms with Crippen molar-refractivity contribution >= 4 is 17.6 Å². The summed E-state index contributed by atoms with van der Waals surface area (Å²) in [5.41, 5.74) is 3.28. The number of rotatable bonds is 6. The molecule has 0 radical (unpaired) electrons. The van der Waals surface area contributed by atoms with Gasteiger partial charge in [-0.2, -0.15) is 0 Å². The highest BCUT2D eigenvalue weighted by atomic mass is 16.5. The number of hydrogen-bond acceptors (Lipinski definition) is 5. The normalized spacial score (nSPS) is 11.0. The van der Waals surface area contributed by atoms with Crippen molar-refractivity contribution in [3.05, 3.63) is 83.7 Å². The van der Waals surface area contributed by atoms with E-state index in [1.54, 1.807) is 37.7 Å². The molecule has 0 fully saturated rings. The number of ether oxygens (including phenoxy) is 2. The molecular formula is C23H24N4O3. The van der Waals surface area contributed by atoms with E-state index >= 15 is 0 Å². The number of methoxy groups -OCH3 is 2. The molecule has 0 atom stereocenters. The predicted molar refractivity (Wildman–Crippen MR) is 117 cm³/mol. The van der Waals surface area contributed by atoms with Gasteiger partial charge < -0.3 is 14.8 Å². The second-order valence-corrected chi connectivity index (χ2v) is 6.54. The van der Waals surface area contributed by atoms with Gasteiger partial charge in [-0.05, 0) is 54.4 Å². The molecule has 0 bridgehead atoms. The number of benzene rings is 2. The Balaban J connectivity index is 1.83. The van der Waals surface area contributed by atoms with E-state index in [9.17, 15) is 4.79 Å². The number of aryl methyl sites for hydroxylation is 1. The number of carbonyl (C=O) groups is 1. The first-order valence-corrected chi connectivity index (χ1v) is 9.39. The second kappa shape index (κ2) is 10.1. The first-order valence-electron chi connectivity index (χ1n) is 9.39. The number of aliphatic imine (C=N–C) groups is 1. The summed E-state index contributed by atoms with van der Waals surface area (Å²) in [4.78, 5) is 21.5. The van der Waals surface area contributed by atoms with E-state index in [-0.39, 0.29) is 5.91 Å². The van der Waals surface area contributed by atoms with Crippen molar-refractivity contribution in [3.63, 3.8) is 0 Å². The zero-order valence-corrected chi connectivity index (χ0v) is 17.2. The lowest BCUT2D eigenvalue weighted by molar-refractivity contribution is 0.0976. The van der Waals surface area contributed by atoms with E-state index < -0.39 is 0 Å². The van der Waals surface area contributed by atoms with Gasteiger partial charge in [0.15, 0.2) is 11.5 Å². The molecule has 0 aliphatic rings. The quantitative estimate of drug-likeness (QED) is 0.482. The minimum Gasteiger partial charge on any atom is -0.493 e. The summed E-state index contributed by atoms with van der Waals surface area (Å²) in [6, 6.07) is 16.6. The molecule has 3 rings (SSSR count). The molecule has 2 aromatic carbocycles. The summed E-state index contributed by atoms with van der Waals surface area (Å²) in [6.07, 6.45) is 3.45. The Hall–Kier alpha value is -3.87. The number of anilines is 1. The molecule has 1 aromatic heterocycles. The van der Waals surface area contributed by atoms with E-state index in [1.165, 1.54) is 7.11 Å². The van der Waals surface area contributed by atoms with E-state index in [0.29, 0.717) is 29.6 Å². The van der Waals surface area contributed by atoms with Crippen LogP contribution in [0.15, 0.2) is 72.0 Å². The number of carbonyl (C=O) groups excluding carboxylic acids is 1. The molecule has 30 heavy (non-hydrogen) atoms. The van der Waals surface area contributed by atoms with Gasteiger partial charge in [-0.3, -0.25) is 15.1 Å². The fourth-order valence-corrected chi connectivity index (χ4v) is 2.79. The lowest BCUT2D eigenvalue weighted by atomic mass is 10.2. The predicted octanol–water partition coefficient (Wildman–Crippen LogP) is 3.81. The lowest BCUT2D eigenvalue weighted by Gasteiger charge is -2.13. The Kier molecular flexibility index (Phi) is 7.00. The third-order valence-corrected chi connectivity index (χ3v) is 4.30. The molecule has 0 unspecified atom stereocenters. The van der Waals surface area contributed by atoms with Crippen LogP contribution in [0.5, 0.6) is 11.5 Å². The molecule has 7 nitrogen and oxygen atoms in total. The number of nitrogens with zero attached hydrogens (tertiary/aromatic N) is 2. The van der Waals surface area contributed by atoms with Crippen LogP contribution in [0.4, 0.5) is 5.69 Å². The maximum absolute atomic E-state index is 12.9.